The Morgan fingerprint density at radius 1 is 1.50 bits per heavy atom. The quantitative estimate of drug-likeness (QED) is 0.850. The van der Waals surface area contributed by atoms with Crippen LogP contribution < -0.4 is 5.73 Å². The average Bonchev–Trinajstić information content (AvgIpc) is 2.38. The van der Waals surface area contributed by atoms with Crippen LogP contribution >= 0.6 is 23.2 Å². The monoisotopic (exact) mass is 314 g/mol. The second kappa shape index (κ2) is 6.46. The van der Waals surface area contributed by atoms with Gasteiger partial charge in [0.2, 0.25) is 0 Å². The third-order valence-electron chi connectivity index (χ3n) is 3.25. The molecule has 0 radical (unpaired) electrons. The molecule has 1 unspecified atom stereocenters. The van der Waals surface area contributed by atoms with E-state index >= 15 is 0 Å². The summed E-state index contributed by atoms with van der Waals surface area (Å²) in [6.45, 7) is 2.14. The van der Waals surface area contributed by atoms with Crippen molar-refractivity contribution in [1.29, 1.82) is 0 Å². The third-order valence-corrected chi connectivity index (χ3v) is 4.10. The van der Waals surface area contributed by atoms with E-state index < -0.39 is 0 Å². The SMILES string of the molecule is CCOC(=O)C1CCc2c(ccc(Cl)c2Cl)N=C(N)C1. The Morgan fingerprint density at radius 3 is 2.95 bits per heavy atom. The van der Waals surface area contributed by atoms with Gasteiger partial charge in [-0.2, -0.15) is 0 Å². The maximum absolute atomic E-state index is 11.9. The third kappa shape index (κ3) is 3.25. The van der Waals surface area contributed by atoms with Crippen molar-refractivity contribution in [3.8, 4) is 0 Å². The van der Waals surface area contributed by atoms with Gasteiger partial charge in [-0.1, -0.05) is 23.2 Å². The van der Waals surface area contributed by atoms with Crippen molar-refractivity contribution in [2.45, 2.75) is 26.2 Å². The summed E-state index contributed by atoms with van der Waals surface area (Å²) in [6.07, 6.45) is 1.63. The Morgan fingerprint density at radius 2 is 2.25 bits per heavy atom. The van der Waals surface area contributed by atoms with Gasteiger partial charge in [-0.15, -0.1) is 0 Å². The number of aliphatic imine (C=N–C) groups is 1. The number of carbonyl (C=O) groups is 1. The molecule has 4 nitrogen and oxygen atoms in total. The minimum Gasteiger partial charge on any atom is -0.466 e. The number of ether oxygens (including phenoxy) is 1. The molecule has 2 rings (SSSR count). The van der Waals surface area contributed by atoms with Gasteiger partial charge in [0.1, 0.15) is 5.84 Å². The van der Waals surface area contributed by atoms with E-state index in [0.29, 0.717) is 41.8 Å². The highest BCUT2D eigenvalue weighted by Gasteiger charge is 2.24. The summed E-state index contributed by atoms with van der Waals surface area (Å²) in [5.41, 5.74) is 7.45. The van der Waals surface area contributed by atoms with Gasteiger partial charge in [-0.25, -0.2) is 4.99 Å². The lowest BCUT2D eigenvalue weighted by molar-refractivity contribution is -0.148. The van der Waals surface area contributed by atoms with Crippen LogP contribution in [0.2, 0.25) is 10.0 Å². The first-order valence-electron chi connectivity index (χ1n) is 6.49. The van der Waals surface area contributed by atoms with Gasteiger partial charge < -0.3 is 10.5 Å². The van der Waals surface area contributed by atoms with Crippen LogP contribution in [0, 0.1) is 5.92 Å². The minimum absolute atomic E-state index is 0.243. The number of amidine groups is 1. The van der Waals surface area contributed by atoms with Crippen LogP contribution in [0.15, 0.2) is 17.1 Å². The fourth-order valence-corrected chi connectivity index (χ4v) is 2.69. The smallest absolute Gasteiger partial charge is 0.309 e. The van der Waals surface area contributed by atoms with Crippen molar-refractivity contribution in [3.63, 3.8) is 0 Å². The number of halogens is 2. The molecule has 0 aromatic heterocycles. The molecule has 1 aromatic rings. The fraction of sp³-hybridized carbons (Fsp3) is 0.429. The van der Waals surface area contributed by atoms with Crippen molar-refractivity contribution in [2.75, 3.05) is 6.61 Å². The van der Waals surface area contributed by atoms with E-state index in [9.17, 15) is 4.79 Å². The summed E-state index contributed by atoms with van der Waals surface area (Å²) >= 11 is 12.2. The molecule has 1 heterocycles. The van der Waals surface area contributed by atoms with Crippen molar-refractivity contribution in [2.24, 2.45) is 16.6 Å². The molecule has 6 heteroatoms. The summed E-state index contributed by atoms with van der Waals surface area (Å²) in [7, 11) is 0. The Balaban J connectivity index is 2.32. The molecule has 1 aliphatic heterocycles. The molecular weight excluding hydrogens is 299 g/mol. The number of nitrogens with two attached hydrogens (primary N) is 1. The highest BCUT2D eigenvalue weighted by atomic mass is 35.5. The first kappa shape index (κ1) is 15.1. The molecule has 20 heavy (non-hydrogen) atoms. The number of rotatable bonds is 2. The largest absolute Gasteiger partial charge is 0.466 e. The van der Waals surface area contributed by atoms with E-state index in [-0.39, 0.29) is 11.9 Å². The zero-order chi connectivity index (χ0) is 14.7. The van der Waals surface area contributed by atoms with Gasteiger partial charge in [0.25, 0.3) is 0 Å². The van der Waals surface area contributed by atoms with E-state index in [2.05, 4.69) is 4.99 Å². The number of hydrogen-bond donors (Lipinski definition) is 1. The zero-order valence-electron chi connectivity index (χ0n) is 11.2. The second-order valence-corrected chi connectivity index (χ2v) is 5.44. The molecule has 0 bridgehead atoms. The number of fused-ring (bicyclic) bond motifs is 1. The zero-order valence-corrected chi connectivity index (χ0v) is 12.7. The second-order valence-electron chi connectivity index (χ2n) is 4.65. The van der Waals surface area contributed by atoms with Crippen LogP contribution in [0.1, 0.15) is 25.3 Å². The molecule has 0 amide bonds. The van der Waals surface area contributed by atoms with Gasteiger partial charge in [-0.3, -0.25) is 4.79 Å². The first-order chi connectivity index (χ1) is 9.52. The Hall–Kier alpha value is -1.26. The highest BCUT2D eigenvalue weighted by Crippen LogP contribution is 2.36. The predicted octanol–water partition coefficient (Wildman–Crippen LogP) is 3.50. The molecule has 1 aromatic carbocycles. The van der Waals surface area contributed by atoms with Crippen molar-refractivity contribution >= 4 is 40.7 Å². The number of benzene rings is 1. The summed E-state index contributed by atoms with van der Waals surface area (Å²) in [4.78, 5) is 16.2. The normalized spacial score (nSPS) is 18.6. The molecule has 0 fully saturated rings. The van der Waals surface area contributed by atoms with Gasteiger partial charge in [0.15, 0.2) is 0 Å². The lowest BCUT2D eigenvalue weighted by atomic mass is 9.94. The van der Waals surface area contributed by atoms with Crippen LogP contribution in [0.25, 0.3) is 0 Å². The highest BCUT2D eigenvalue weighted by molar-refractivity contribution is 6.42. The lowest BCUT2D eigenvalue weighted by Gasteiger charge is -2.19. The fourth-order valence-electron chi connectivity index (χ4n) is 2.26. The van der Waals surface area contributed by atoms with Gasteiger partial charge in [-0.05, 0) is 37.5 Å². The summed E-state index contributed by atoms with van der Waals surface area (Å²) in [6, 6.07) is 3.49. The number of esters is 1. The Labute approximate surface area is 127 Å². The van der Waals surface area contributed by atoms with Crippen LogP contribution in [0.5, 0.6) is 0 Å². The number of carbonyl (C=O) groups excluding carboxylic acids is 1. The van der Waals surface area contributed by atoms with Crippen molar-refractivity contribution in [3.05, 3.63) is 27.7 Å². The average molecular weight is 315 g/mol. The van der Waals surface area contributed by atoms with Gasteiger partial charge >= 0.3 is 5.97 Å². The number of hydrogen-bond acceptors (Lipinski definition) is 4. The molecule has 2 N–H and O–H groups in total. The van der Waals surface area contributed by atoms with E-state index in [0.717, 1.165) is 11.3 Å². The van der Waals surface area contributed by atoms with E-state index in [4.69, 9.17) is 33.7 Å². The van der Waals surface area contributed by atoms with Crippen LogP contribution in [-0.4, -0.2) is 18.4 Å². The van der Waals surface area contributed by atoms with Crippen LogP contribution in [0.4, 0.5) is 5.69 Å². The number of nitrogens with zero attached hydrogens (tertiary/aromatic N) is 1. The van der Waals surface area contributed by atoms with E-state index in [1.807, 2.05) is 0 Å². The van der Waals surface area contributed by atoms with Gasteiger partial charge in [0.05, 0.1) is 28.3 Å². The predicted molar refractivity (Wildman–Crippen MR) is 80.8 cm³/mol. The summed E-state index contributed by atoms with van der Waals surface area (Å²) in [5, 5.41) is 0.956. The van der Waals surface area contributed by atoms with Crippen LogP contribution in [-0.2, 0) is 16.0 Å². The maximum atomic E-state index is 11.9. The van der Waals surface area contributed by atoms with Crippen molar-refractivity contribution in [1.82, 2.24) is 0 Å². The molecule has 1 atom stereocenters. The standard InChI is InChI=1S/C14H16Cl2N2O2/c1-2-20-14(19)8-3-4-9-11(18-12(17)7-8)6-5-10(15)13(9)16/h5-6,8H,2-4,7H2,1H3,(H2,17,18). The summed E-state index contributed by atoms with van der Waals surface area (Å²) < 4.78 is 5.06. The first-order valence-corrected chi connectivity index (χ1v) is 7.25. The molecule has 0 saturated carbocycles. The lowest BCUT2D eigenvalue weighted by Crippen LogP contribution is -2.26. The van der Waals surface area contributed by atoms with E-state index in [1.54, 1.807) is 19.1 Å². The molecule has 0 spiro atoms. The minimum atomic E-state index is -0.290. The Bertz CT molecular complexity index is 558. The molecule has 0 aliphatic carbocycles. The van der Waals surface area contributed by atoms with E-state index in [1.165, 1.54) is 0 Å². The topological polar surface area (TPSA) is 64.7 Å². The molecule has 0 saturated heterocycles. The maximum Gasteiger partial charge on any atom is 0.309 e. The molecular formula is C14H16Cl2N2O2. The molecule has 1 aliphatic rings. The molecule has 108 valence electrons. The summed E-state index contributed by atoms with van der Waals surface area (Å²) in [5.74, 6) is -0.128. The van der Waals surface area contributed by atoms with Gasteiger partial charge in [0, 0.05) is 6.42 Å². The van der Waals surface area contributed by atoms with Crippen LogP contribution in [0.3, 0.4) is 0 Å². The Kier molecular flexibility index (Phi) is 4.89. The van der Waals surface area contributed by atoms with Crippen molar-refractivity contribution < 1.29 is 9.53 Å².